The Morgan fingerprint density at radius 3 is 2.32 bits per heavy atom. The predicted molar refractivity (Wildman–Crippen MR) is 84.0 cm³/mol. The van der Waals surface area contributed by atoms with Crippen LogP contribution >= 0.6 is 11.6 Å². The van der Waals surface area contributed by atoms with E-state index < -0.39 is 17.7 Å². The van der Waals surface area contributed by atoms with Gasteiger partial charge in [0.25, 0.3) is 0 Å². The van der Waals surface area contributed by atoms with Crippen LogP contribution in [0.3, 0.4) is 0 Å². The molecule has 0 spiro atoms. The Balaban J connectivity index is 3.10. The standard InChI is InChI=1S/C15H20ClNO5/c1-8(2)21-12-7-11(10(16)6-9(12)13(18)19)17-14(20)22-15(3,4)5/h6-8H,1-5H3,(H,17,20)(H,18,19). The molecule has 0 aliphatic rings. The summed E-state index contributed by atoms with van der Waals surface area (Å²) in [5, 5.41) is 11.7. The zero-order valence-electron chi connectivity index (χ0n) is 13.2. The quantitative estimate of drug-likeness (QED) is 0.865. The lowest BCUT2D eigenvalue weighted by Gasteiger charge is -2.20. The topological polar surface area (TPSA) is 84.9 Å². The number of nitrogens with one attached hydrogen (secondary N) is 1. The molecule has 1 rings (SSSR count). The molecule has 0 aliphatic heterocycles. The second-order valence-electron chi connectivity index (χ2n) is 5.93. The first-order chi connectivity index (χ1) is 9.99. The fraction of sp³-hybridized carbons (Fsp3) is 0.467. The number of carbonyl (C=O) groups is 2. The maximum atomic E-state index is 11.8. The molecule has 2 N–H and O–H groups in total. The van der Waals surface area contributed by atoms with Gasteiger partial charge in [-0.2, -0.15) is 0 Å². The Labute approximate surface area is 134 Å². The number of benzene rings is 1. The van der Waals surface area contributed by atoms with E-state index in [1.54, 1.807) is 34.6 Å². The third kappa shape index (κ3) is 5.44. The molecule has 0 aliphatic carbocycles. The normalized spacial score (nSPS) is 11.2. The summed E-state index contributed by atoms with van der Waals surface area (Å²) in [6.45, 7) is 8.72. The maximum absolute atomic E-state index is 11.8. The molecule has 0 heterocycles. The first kappa shape index (κ1) is 18.1. The van der Waals surface area contributed by atoms with Crippen LogP contribution in [0.4, 0.5) is 10.5 Å². The summed E-state index contributed by atoms with van der Waals surface area (Å²) < 4.78 is 10.6. The van der Waals surface area contributed by atoms with Crippen molar-refractivity contribution in [3.05, 3.63) is 22.7 Å². The molecule has 0 saturated heterocycles. The molecule has 0 bridgehead atoms. The van der Waals surface area contributed by atoms with E-state index >= 15 is 0 Å². The van der Waals surface area contributed by atoms with Crippen molar-refractivity contribution in [2.45, 2.75) is 46.3 Å². The average molecular weight is 330 g/mol. The minimum absolute atomic E-state index is 0.0755. The maximum Gasteiger partial charge on any atom is 0.412 e. The second-order valence-corrected chi connectivity index (χ2v) is 6.33. The number of carboxylic acid groups (broad SMARTS) is 1. The van der Waals surface area contributed by atoms with Gasteiger partial charge in [-0.1, -0.05) is 11.6 Å². The van der Waals surface area contributed by atoms with Crippen molar-refractivity contribution in [1.82, 2.24) is 0 Å². The number of aromatic carboxylic acids is 1. The largest absolute Gasteiger partial charge is 0.490 e. The summed E-state index contributed by atoms with van der Waals surface area (Å²) in [6, 6.07) is 2.60. The third-order valence-corrected chi connectivity index (χ3v) is 2.61. The summed E-state index contributed by atoms with van der Waals surface area (Å²) in [5.74, 6) is -1.04. The Kier molecular flexibility index (Phi) is 5.65. The lowest BCUT2D eigenvalue weighted by Crippen LogP contribution is -2.27. The van der Waals surface area contributed by atoms with Crippen LogP contribution in [-0.4, -0.2) is 28.9 Å². The van der Waals surface area contributed by atoms with Crippen molar-refractivity contribution in [2.75, 3.05) is 5.32 Å². The molecule has 1 aromatic rings. The Morgan fingerprint density at radius 1 is 1.27 bits per heavy atom. The van der Waals surface area contributed by atoms with E-state index in [4.69, 9.17) is 21.1 Å². The average Bonchev–Trinajstić information content (AvgIpc) is 2.29. The minimum atomic E-state index is -1.17. The van der Waals surface area contributed by atoms with Crippen molar-refractivity contribution >= 4 is 29.4 Å². The van der Waals surface area contributed by atoms with E-state index in [9.17, 15) is 14.7 Å². The van der Waals surface area contributed by atoms with E-state index in [1.165, 1.54) is 12.1 Å². The van der Waals surface area contributed by atoms with Gasteiger partial charge in [0, 0.05) is 6.07 Å². The lowest BCUT2D eigenvalue weighted by molar-refractivity contribution is 0.0634. The summed E-state index contributed by atoms with van der Waals surface area (Å²) in [5.41, 5.74) is -0.514. The van der Waals surface area contributed by atoms with Gasteiger partial charge in [0.1, 0.15) is 16.9 Å². The number of hydrogen-bond acceptors (Lipinski definition) is 4. The van der Waals surface area contributed by atoms with Crippen LogP contribution in [-0.2, 0) is 4.74 Å². The molecular formula is C15H20ClNO5. The zero-order valence-corrected chi connectivity index (χ0v) is 13.9. The summed E-state index contributed by atoms with van der Waals surface area (Å²) in [6.07, 6.45) is -0.915. The number of rotatable bonds is 4. The van der Waals surface area contributed by atoms with Gasteiger partial charge in [-0.05, 0) is 40.7 Å². The van der Waals surface area contributed by atoms with Crippen LogP contribution in [0.5, 0.6) is 5.75 Å². The Bertz CT molecular complexity index is 578. The number of anilines is 1. The van der Waals surface area contributed by atoms with Gasteiger partial charge in [-0.15, -0.1) is 0 Å². The lowest BCUT2D eigenvalue weighted by atomic mass is 10.1. The molecule has 0 unspecified atom stereocenters. The zero-order chi connectivity index (χ0) is 17.1. The third-order valence-electron chi connectivity index (χ3n) is 2.30. The van der Waals surface area contributed by atoms with Gasteiger partial charge in [0.2, 0.25) is 0 Å². The van der Waals surface area contributed by atoms with Gasteiger partial charge in [-0.3, -0.25) is 5.32 Å². The highest BCUT2D eigenvalue weighted by molar-refractivity contribution is 6.34. The predicted octanol–water partition coefficient (Wildman–Crippen LogP) is 4.17. The van der Waals surface area contributed by atoms with E-state index in [2.05, 4.69) is 5.32 Å². The summed E-state index contributed by atoms with van der Waals surface area (Å²) >= 11 is 6.01. The molecule has 0 saturated carbocycles. The first-order valence-electron chi connectivity index (χ1n) is 6.73. The first-order valence-corrected chi connectivity index (χ1v) is 7.11. The van der Waals surface area contributed by atoms with Crippen LogP contribution in [0.15, 0.2) is 12.1 Å². The van der Waals surface area contributed by atoms with Gasteiger partial charge >= 0.3 is 12.1 Å². The number of amides is 1. The van der Waals surface area contributed by atoms with Crippen LogP contribution in [0.25, 0.3) is 0 Å². The Morgan fingerprint density at radius 2 is 1.86 bits per heavy atom. The molecular weight excluding hydrogens is 310 g/mol. The van der Waals surface area contributed by atoms with Crippen molar-refractivity contribution in [3.8, 4) is 5.75 Å². The molecule has 0 fully saturated rings. The van der Waals surface area contributed by atoms with Crippen molar-refractivity contribution in [3.63, 3.8) is 0 Å². The molecule has 122 valence electrons. The molecule has 0 atom stereocenters. The van der Waals surface area contributed by atoms with Gasteiger partial charge in [0.05, 0.1) is 16.8 Å². The van der Waals surface area contributed by atoms with E-state index in [1.807, 2.05) is 0 Å². The minimum Gasteiger partial charge on any atom is -0.490 e. The monoisotopic (exact) mass is 329 g/mol. The molecule has 0 aromatic heterocycles. The van der Waals surface area contributed by atoms with Crippen molar-refractivity contribution in [1.29, 1.82) is 0 Å². The number of carbonyl (C=O) groups excluding carboxylic acids is 1. The van der Waals surface area contributed by atoms with Crippen molar-refractivity contribution in [2.24, 2.45) is 0 Å². The van der Waals surface area contributed by atoms with Crippen LogP contribution in [0, 0.1) is 0 Å². The van der Waals surface area contributed by atoms with Gasteiger partial charge in [-0.25, -0.2) is 9.59 Å². The highest BCUT2D eigenvalue weighted by atomic mass is 35.5. The highest BCUT2D eigenvalue weighted by Crippen LogP contribution is 2.32. The number of halogens is 1. The summed E-state index contributed by atoms with van der Waals surface area (Å²) in [7, 11) is 0. The Hall–Kier alpha value is -1.95. The molecule has 1 aromatic carbocycles. The van der Waals surface area contributed by atoms with Crippen molar-refractivity contribution < 1.29 is 24.2 Å². The number of hydrogen-bond donors (Lipinski definition) is 2. The fourth-order valence-electron chi connectivity index (χ4n) is 1.58. The molecule has 6 nitrogen and oxygen atoms in total. The molecule has 7 heteroatoms. The smallest absolute Gasteiger partial charge is 0.412 e. The molecule has 0 radical (unpaired) electrons. The fourth-order valence-corrected chi connectivity index (χ4v) is 1.79. The van der Waals surface area contributed by atoms with E-state index in [0.717, 1.165) is 0 Å². The highest BCUT2D eigenvalue weighted by Gasteiger charge is 2.20. The number of ether oxygens (including phenoxy) is 2. The van der Waals surface area contributed by atoms with Crippen LogP contribution in [0.1, 0.15) is 45.0 Å². The molecule has 22 heavy (non-hydrogen) atoms. The van der Waals surface area contributed by atoms with Crippen LogP contribution in [0.2, 0.25) is 5.02 Å². The molecule has 1 amide bonds. The van der Waals surface area contributed by atoms with E-state index in [-0.39, 0.29) is 28.1 Å². The van der Waals surface area contributed by atoms with Gasteiger partial charge in [0.15, 0.2) is 0 Å². The van der Waals surface area contributed by atoms with Gasteiger partial charge < -0.3 is 14.6 Å². The number of carboxylic acids is 1. The second kappa shape index (κ2) is 6.87. The SMILES string of the molecule is CC(C)Oc1cc(NC(=O)OC(C)(C)C)c(Cl)cc1C(=O)O. The summed E-state index contributed by atoms with van der Waals surface area (Å²) in [4.78, 5) is 23.0. The van der Waals surface area contributed by atoms with E-state index in [0.29, 0.717) is 0 Å². The van der Waals surface area contributed by atoms with Crippen LogP contribution < -0.4 is 10.1 Å².